The molecule has 0 aromatic heterocycles. The molecule has 0 aliphatic carbocycles. The van der Waals surface area contributed by atoms with Crippen LogP contribution in [0.1, 0.15) is 33.6 Å². The van der Waals surface area contributed by atoms with Gasteiger partial charge in [-0.15, -0.1) is 0 Å². The van der Waals surface area contributed by atoms with Gasteiger partial charge in [0.15, 0.2) is 0 Å². The van der Waals surface area contributed by atoms with E-state index in [4.69, 9.17) is 9.47 Å². The molecule has 6 nitrogen and oxygen atoms in total. The summed E-state index contributed by atoms with van der Waals surface area (Å²) in [5.74, 6) is -0.0231. The highest BCUT2D eigenvalue weighted by molar-refractivity contribution is 6.04. The van der Waals surface area contributed by atoms with Crippen LogP contribution in [0.15, 0.2) is 48.5 Å². The minimum atomic E-state index is -0.437. The molecule has 2 aromatic rings. The van der Waals surface area contributed by atoms with Crippen molar-refractivity contribution in [2.45, 2.75) is 18.9 Å². The number of nitrogens with one attached hydrogen (secondary N) is 1. The number of anilines is 1. The minimum absolute atomic E-state index is 0.140. The molecule has 1 aliphatic heterocycles. The number of amides is 1. The number of hydrogen-bond acceptors (Lipinski definition) is 5. The van der Waals surface area contributed by atoms with Gasteiger partial charge in [-0.25, -0.2) is 4.79 Å². The predicted octanol–water partition coefficient (Wildman–Crippen LogP) is 3.28. The smallest absolute Gasteiger partial charge is 0.337 e. The van der Waals surface area contributed by atoms with E-state index in [1.165, 1.54) is 7.11 Å². The zero-order valence-electron chi connectivity index (χ0n) is 14.6. The molecule has 6 heteroatoms. The van der Waals surface area contributed by atoms with Gasteiger partial charge in [0, 0.05) is 23.9 Å². The highest BCUT2D eigenvalue weighted by atomic mass is 16.5. The number of hydrogen-bond donors (Lipinski definition) is 1. The van der Waals surface area contributed by atoms with Crippen LogP contribution < -0.4 is 10.1 Å². The van der Waals surface area contributed by atoms with E-state index in [0.29, 0.717) is 29.2 Å². The first-order chi connectivity index (χ1) is 12.7. The lowest BCUT2D eigenvalue weighted by molar-refractivity contribution is 0.0600. The lowest BCUT2D eigenvalue weighted by Crippen LogP contribution is -2.16. The van der Waals surface area contributed by atoms with Crippen LogP contribution >= 0.6 is 0 Å². The number of rotatable bonds is 6. The van der Waals surface area contributed by atoms with Crippen LogP contribution in [0, 0.1) is 0 Å². The lowest BCUT2D eigenvalue weighted by Gasteiger charge is -2.12. The zero-order chi connectivity index (χ0) is 18.4. The van der Waals surface area contributed by atoms with Crippen LogP contribution in [-0.2, 0) is 9.47 Å². The molecule has 1 atom stereocenters. The number of benzene rings is 2. The molecule has 1 N–H and O–H groups in total. The standard InChI is InChI=1S/C20H21NO5/c1-24-20(23)15-9-7-14(8-10-15)19(22)21-16-4-2-5-17(12-16)26-13-18-6-3-11-25-18/h2,4-5,7-10,12,18H,3,6,11,13H2,1H3,(H,21,22)/t18-/m0/s1. The summed E-state index contributed by atoms with van der Waals surface area (Å²) in [6, 6.07) is 13.5. The molecular weight excluding hydrogens is 334 g/mol. The second-order valence-electron chi connectivity index (χ2n) is 6.00. The maximum absolute atomic E-state index is 12.4. The van der Waals surface area contributed by atoms with Gasteiger partial charge in [0.2, 0.25) is 0 Å². The van der Waals surface area contributed by atoms with Gasteiger partial charge in [-0.1, -0.05) is 6.07 Å². The predicted molar refractivity (Wildman–Crippen MR) is 96.6 cm³/mol. The summed E-state index contributed by atoms with van der Waals surface area (Å²) in [6.45, 7) is 1.30. The van der Waals surface area contributed by atoms with E-state index >= 15 is 0 Å². The SMILES string of the molecule is COC(=O)c1ccc(C(=O)Nc2cccc(OC[C@@H]3CCCO3)c2)cc1. The average Bonchev–Trinajstić information content (AvgIpc) is 3.20. The number of esters is 1. The summed E-state index contributed by atoms with van der Waals surface area (Å²) in [5, 5.41) is 2.82. The fraction of sp³-hybridized carbons (Fsp3) is 0.300. The summed E-state index contributed by atoms with van der Waals surface area (Å²) in [6.07, 6.45) is 2.22. The van der Waals surface area contributed by atoms with Crippen molar-refractivity contribution < 1.29 is 23.8 Å². The minimum Gasteiger partial charge on any atom is -0.491 e. The van der Waals surface area contributed by atoms with Gasteiger partial charge in [-0.3, -0.25) is 4.79 Å². The maximum atomic E-state index is 12.4. The van der Waals surface area contributed by atoms with E-state index in [0.717, 1.165) is 19.4 Å². The van der Waals surface area contributed by atoms with Crippen molar-refractivity contribution in [2.75, 3.05) is 25.6 Å². The molecule has 2 aromatic carbocycles. The van der Waals surface area contributed by atoms with Gasteiger partial charge in [-0.2, -0.15) is 0 Å². The third-order valence-corrected chi connectivity index (χ3v) is 4.12. The summed E-state index contributed by atoms with van der Waals surface area (Å²) in [5.41, 5.74) is 1.48. The quantitative estimate of drug-likeness (QED) is 0.805. The third-order valence-electron chi connectivity index (χ3n) is 4.12. The first-order valence-corrected chi connectivity index (χ1v) is 8.50. The lowest BCUT2D eigenvalue weighted by atomic mass is 10.1. The number of methoxy groups -OCH3 is 1. The first-order valence-electron chi connectivity index (χ1n) is 8.50. The molecular formula is C20H21NO5. The first kappa shape index (κ1) is 17.9. The van der Waals surface area contributed by atoms with E-state index < -0.39 is 5.97 Å². The van der Waals surface area contributed by atoms with E-state index in [2.05, 4.69) is 10.1 Å². The van der Waals surface area contributed by atoms with Crippen LogP contribution in [0.4, 0.5) is 5.69 Å². The highest BCUT2D eigenvalue weighted by Crippen LogP contribution is 2.20. The molecule has 0 spiro atoms. The van der Waals surface area contributed by atoms with Crippen LogP contribution in [0.3, 0.4) is 0 Å². The fourth-order valence-electron chi connectivity index (χ4n) is 2.71. The van der Waals surface area contributed by atoms with Gasteiger partial charge in [-0.05, 0) is 49.2 Å². The van der Waals surface area contributed by atoms with Crippen molar-refractivity contribution in [3.63, 3.8) is 0 Å². The molecule has 1 fully saturated rings. The summed E-state index contributed by atoms with van der Waals surface area (Å²) < 4.78 is 15.9. The van der Waals surface area contributed by atoms with Crippen molar-refractivity contribution in [2.24, 2.45) is 0 Å². The Bertz CT molecular complexity index is 766. The van der Waals surface area contributed by atoms with Gasteiger partial charge >= 0.3 is 5.97 Å². The van der Waals surface area contributed by atoms with E-state index in [1.807, 2.05) is 12.1 Å². The second-order valence-corrected chi connectivity index (χ2v) is 6.00. The monoisotopic (exact) mass is 355 g/mol. The third kappa shape index (κ3) is 4.61. The Kier molecular flexibility index (Phi) is 5.86. The van der Waals surface area contributed by atoms with E-state index in [9.17, 15) is 9.59 Å². The van der Waals surface area contributed by atoms with Crippen molar-refractivity contribution in [3.05, 3.63) is 59.7 Å². The van der Waals surface area contributed by atoms with Gasteiger partial charge < -0.3 is 19.5 Å². The molecule has 26 heavy (non-hydrogen) atoms. The van der Waals surface area contributed by atoms with Crippen LogP contribution in [-0.4, -0.2) is 38.3 Å². The molecule has 0 saturated carbocycles. The molecule has 136 valence electrons. The number of ether oxygens (including phenoxy) is 3. The summed E-state index contributed by atoms with van der Waals surface area (Å²) in [4.78, 5) is 23.8. The Morgan fingerprint density at radius 1 is 1.15 bits per heavy atom. The Morgan fingerprint density at radius 2 is 1.92 bits per heavy atom. The van der Waals surface area contributed by atoms with Gasteiger partial charge in [0.25, 0.3) is 5.91 Å². The second kappa shape index (κ2) is 8.49. The number of carbonyl (C=O) groups excluding carboxylic acids is 2. The summed E-state index contributed by atoms with van der Waals surface area (Å²) in [7, 11) is 1.32. The van der Waals surface area contributed by atoms with Crippen molar-refractivity contribution >= 4 is 17.6 Å². The molecule has 1 heterocycles. The van der Waals surface area contributed by atoms with Crippen molar-refractivity contribution in [1.82, 2.24) is 0 Å². The van der Waals surface area contributed by atoms with Gasteiger partial charge in [0.05, 0.1) is 18.8 Å². The van der Waals surface area contributed by atoms with Crippen LogP contribution in [0.5, 0.6) is 5.75 Å². The molecule has 0 unspecified atom stereocenters. The van der Waals surface area contributed by atoms with Crippen molar-refractivity contribution in [3.8, 4) is 5.75 Å². The Labute approximate surface area is 152 Å². The Hall–Kier alpha value is -2.86. The molecule has 1 aliphatic rings. The normalized spacial score (nSPS) is 16.1. The number of carbonyl (C=O) groups is 2. The molecule has 0 bridgehead atoms. The van der Waals surface area contributed by atoms with E-state index in [-0.39, 0.29) is 12.0 Å². The largest absolute Gasteiger partial charge is 0.491 e. The highest BCUT2D eigenvalue weighted by Gasteiger charge is 2.16. The van der Waals surface area contributed by atoms with E-state index in [1.54, 1.807) is 36.4 Å². The average molecular weight is 355 g/mol. The molecule has 3 rings (SSSR count). The van der Waals surface area contributed by atoms with Crippen LogP contribution in [0.25, 0.3) is 0 Å². The Morgan fingerprint density at radius 3 is 2.62 bits per heavy atom. The molecule has 1 amide bonds. The maximum Gasteiger partial charge on any atom is 0.337 e. The topological polar surface area (TPSA) is 73.9 Å². The Balaban J connectivity index is 1.59. The zero-order valence-corrected chi connectivity index (χ0v) is 14.6. The summed E-state index contributed by atoms with van der Waals surface area (Å²) >= 11 is 0. The van der Waals surface area contributed by atoms with Crippen molar-refractivity contribution in [1.29, 1.82) is 0 Å². The van der Waals surface area contributed by atoms with Crippen LogP contribution in [0.2, 0.25) is 0 Å². The molecule has 1 saturated heterocycles. The molecule has 0 radical (unpaired) electrons. The van der Waals surface area contributed by atoms with Gasteiger partial charge in [0.1, 0.15) is 12.4 Å². The fourth-order valence-corrected chi connectivity index (χ4v) is 2.71.